The van der Waals surface area contributed by atoms with Crippen LogP contribution in [0, 0.1) is 5.92 Å². The molecule has 3 aliphatic rings. The fourth-order valence-electron chi connectivity index (χ4n) is 3.11. The van der Waals surface area contributed by atoms with Crippen molar-refractivity contribution < 1.29 is 4.79 Å². The van der Waals surface area contributed by atoms with Crippen LogP contribution >= 0.6 is 11.8 Å². The lowest BCUT2D eigenvalue weighted by Crippen LogP contribution is -2.46. The van der Waals surface area contributed by atoms with Gasteiger partial charge in [0.05, 0.1) is 12.0 Å². The van der Waals surface area contributed by atoms with Gasteiger partial charge in [-0.25, -0.2) is 9.48 Å². The number of piperidine rings is 1. The second kappa shape index (κ2) is 5.19. The molecule has 1 saturated carbocycles. The molecule has 1 N–H and O–H groups in total. The topological polar surface area (TPSA) is 71.0 Å². The molecule has 7 heteroatoms. The van der Waals surface area contributed by atoms with E-state index in [0.717, 1.165) is 56.1 Å². The standard InChI is InChI=1S/C14H20N4O2S/c19-13(10-7-21-8-10)17-5-3-11(4-6-17)18-14(20)15-12(16-18)9-1-2-9/h9-11H,1-8H2,(H,15,16,20). The van der Waals surface area contributed by atoms with E-state index in [2.05, 4.69) is 10.1 Å². The van der Waals surface area contributed by atoms with E-state index in [1.54, 1.807) is 4.68 Å². The molecule has 1 aromatic heterocycles. The Morgan fingerprint density at radius 1 is 1.19 bits per heavy atom. The Kier molecular flexibility index (Phi) is 3.32. The summed E-state index contributed by atoms with van der Waals surface area (Å²) >= 11 is 1.84. The van der Waals surface area contributed by atoms with E-state index in [0.29, 0.717) is 11.8 Å². The molecular weight excluding hydrogens is 288 g/mol. The smallest absolute Gasteiger partial charge is 0.342 e. The Bertz CT molecular complexity index is 594. The van der Waals surface area contributed by atoms with Gasteiger partial charge in [0, 0.05) is 30.5 Å². The summed E-state index contributed by atoms with van der Waals surface area (Å²) in [7, 11) is 0. The summed E-state index contributed by atoms with van der Waals surface area (Å²) in [5.41, 5.74) is -0.0860. The van der Waals surface area contributed by atoms with Crippen LogP contribution in [0.15, 0.2) is 4.79 Å². The highest BCUT2D eigenvalue weighted by molar-refractivity contribution is 8.00. The highest BCUT2D eigenvalue weighted by Gasteiger charge is 2.34. The number of thioether (sulfide) groups is 1. The molecule has 114 valence electrons. The first kappa shape index (κ1) is 13.4. The number of aromatic nitrogens is 3. The number of nitrogens with one attached hydrogen (secondary N) is 1. The van der Waals surface area contributed by atoms with Gasteiger partial charge in [0.2, 0.25) is 5.91 Å². The number of rotatable bonds is 3. The van der Waals surface area contributed by atoms with Crippen molar-refractivity contribution in [1.82, 2.24) is 19.7 Å². The second-order valence-corrected chi connectivity index (χ2v) is 7.40. The zero-order valence-electron chi connectivity index (χ0n) is 12.0. The van der Waals surface area contributed by atoms with Crippen molar-refractivity contribution in [3.8, 4) is 0 Å². The van der Waals surface area contributed by atoms with Gasteiger partial charge in [0.1, 0.15) is 5.82 Å². The number of carbonyl (C=O) groups excluding carboxylic acids is 1. The normalized spacial score (nSPS) is 24.1. The number of H-pyrrole nitrogens is 1. The molecular formula is C14H20N4O2S. The van der Waals surface area contributed by atoms with Gasteiger partial charge in [-0.15, -0.1) is 0 Å². The molecule has 6 nitrogen and oxygen atoms in total. The number of likely N-dealkylation sites (tertiary alicyclic amines) is 1. The number of aromatic amines is 1. The molecule has 0 spiro atoms. The van der Waals surface area contributed by atoms with Gasteiger partial charge in [0.25, 0.3) is 0 Å². The Morgan fingerprint density at radius 3 is 2.48 bits per heavy atom. The Hall–Kier alpha value is -1.24. The van der Waals surface area contributed by atoms with Crippen molar-refractivity contribution >= 4 is 17.7 Å². The Morgan fingerprint density at radius 2 is 1.90 bits per heavy atom. The minimum absolute atomic E-state index is 0.0860. The maximum absolute atomic E-state index is 12.2. The summed E-state index contributed by atoms with van der Waals surface area (Å²) in [6.45, 7) is 1.51. The van der Waals surface area contributed by atoms with Gasteiger partial charge in [-0.1, -0.05) is 0 Å². The van der Waals surface area contributed by atoms with Gasteiger partial charge in [-0.05, 0) is 25.7 Å². The number of nitrogens with zero attached hydrogens (tertiary/aromatic N) is 3. The molecule has 1 aliphatic carbocycles. The molecule has 21 heavy (non-hydrogen) atoms. The van der Waals surface area contributed by atoms with Gasteiger partial charge in [-0.3, -0.25) is 9.78 Å². The quantitative estimate of drug-likeness (QED) is 0.903. The predicted octanol–water partition coefficient (Wildman–Crippen LogP) is 0.975. The third-order valence-electron chi connectivity index (χ3n) is 4.73. The summed E-state index contributed by atoms with van der Waals surface area (Å²) in [6.07, 6.45) is 3.94. The summed E-state index contributed by atoms with van der Waals surface area (Å²) in [5.74, 6) is 3.81. The molecule has 4 rings (SSSR count). The van der Waals surface area contributed by atoms with Gasteiger partial charge in [0.15, 0.2) is 0 Å². The fourth-order valence-corrected chi connectivity index (χ4v) is 3.87. The van der Waals surface area contributed by atoms with Crippen LogP contribution in [0.25, 0.3) is 0 Å². The van der Waals surface area contributed by atoms with E-state index in [1.165, 1.54) is 0 Å². The first-order valence-electron chi connectivity index (χ1n) is 7.77. The summed E-state index contributed by atoms with van der Waals surface area (Å²) in [5, 5.41) is 4.47. The SMILES string of the molecule is O=C(C1CSC1)N1CCC(n2nc(C3CC3)[nH]c2=O)CC1. The maximum atomic E-state index is 12.2. The maximum Gasteiger partial charge on any atom is 0.343 e. The minimum atomic E-state index is -0.0860. The fraction of sp³-hybridized carbons (Fsp3) is 0.786. The zero-order valence-corrected chi connectivity index (χ0v) is 12.8. The van der Waals surface area contributed by atoms with E-state index in [-0.39, 0.29) is 17.6 Å². The first-order valence-corrected chi connectivity index (χ1v) is 8.93. The lowest BCUT2D eigenvalue weighted by molar-refractivity contribution is -0.135. The summed E-state index contributed by atoms with van der Waals surface area (Å²) in [4.78, 5) is 29.1. The average molecular weight is 308 g/mol. The molecule has 1 aromatic rings. The highest BCUT2D eigenvalue weighted by Crippen LogP contribution is 2.37. The molecule has 3 heterocycles. The minimum Gasteiger partial charge on any atom is -0.342 e. The van der Waals surface area contributed by atoms with E-state index in [4.69, 9.17) is 0 Å². The van der Waals surface area contributed by atoms with E-state index in [9.17, 15) is 9.59 Å². The van der Waals surface area contributed by atoms with Crippen LogP contribution in [0.1, 0.15) is 43.5 Å². The van der Waals surface area contributed by atoms with Crippen LogP contribution in [0.3, 0.4) is 0 Å². The van der Waals surface area contributed by atoms with Crippen LogP contribution in [-0.2, 0) is 4.79 Å². The van der Waals surface area contributed by atoms with Crippen molar-refractivity contribution in [2.45, 2.75) is 37.6 Å². The number of hydrogen-bond acceptors (Lipinski definition) is 4. The van der Waals surface area contributed by atoms with E-state index in [1.807, 2.05) is 16.7 Å². The first-order chi connectivity index (χ1) is 10.2. The lowest BCUT2D eigenvalue weighted by Gasteiger charge is -2.36. The average Bonchev–Trinajstić information content (AvgIpc) is 3.20. The van der Waals surface area contributed by atoms with Crippen LogP contribution in [0.2, 0.25) is 0 Å². The number of carbonyl (C=O) groups is 1. The molecule has 2 aliphatic heterocycles. The monoisotopic (exact) mass is 308 g/mol. The highest BCUT2D eigenvalue weighted by atomic mass is 32.2. The lowest BCUT2D eigenvalue weighted by atomic mass is 10.0. The third kappa shape index (κ3) is 2.52. The van der Waals surface area contributed by atoms with Crippen molar-refractivity contribution in [3.05, 3.63) is 16.3 Å². The van der Waals surface area contributed by atoms with Gasteiger partial charge < -0.3 is 4.90 Å². The molecule has 0 aromatic carbocycles. The summed E-state index contributed by atoms with van der Waals surface area (Å²) in [6, 6.07) is 0.140. The molecule has 0 unspecified atom stereocenters. The number of amides is 1. The Labute approximate surface area is 127 Å². The summed E-state index contributed by atoms with van der Waals surface area (Å²) < 4.78 is 1.62. The van der Waals surface area contributed by atoms with Gasteiger partial charge in [-0.2, -0.15) is 16.9 Å². The Balaban J connectivity index is 1.40. The van der Waals surface area contributed by atoms with E-state index < -0.39 is 0 Å². The van der Waals surface area contributed by atoms with Crippen molar-refractivity contribution in [3.63, 3.8) is 0 Å². The third-order valence-corrected chi connectivity index (χ3v) is 6.01. The molecule has 0 bridgehead atoms. The van der Waals surface area contributed by atoms with Gasteiger partial charge >= 0.3 is 5.69 Å². The molecule has 3 fully saturated rings. The second-order valence-electron chi connectivity index (χ2n) is 6.33. The van der Waals surface area contributed by atoms with E-state index >= 15 is 0 Å². The number of hydrogen-bond donors (Lipinski definition) is 1. The molecule has 0 radical (unpaired) electrons. The van der Waals surface area contributed by atoms with Crippen LogP contribution in [-0.4, -0.2) is 50.2 Å². The van der Waals surface area contributed by atoms with Crippen LogP contribution < -0.4 is 5.69 Å². The van der Waals surface area contributed by atoms with Crippen LogP contribution in [0.4, 0.5) is 0 Å². The van der Waals surface area contributed by atoms with Crippen molar-refractivity contribution in [2.24, 2.45) is 5.92 Å². The van der Waals surface area contributed by atoms with Crippen molar-refractivity contribution in [1.29, 1.82) is 0 Å². The predicted molar refractivity (Wildman–Crippen MR) is 80.5 cm³/mol. The molecule has 2 saturated heterocycles. The zero-order chi connectivity index (χ0) is 14.4. The van der Waals surface area contributed by atoms with Crippen molar-refractivity contribution in [2.75, 3.05) is 24.6 Å². The van der Waals surface area contributed by atoms with Crippen LogP contribution in [0.5, 0.6) is 0 Å². The molecule has 0 atom stereocenters. The largest absolute Gasteiger partial charge is 0.343 e. The molecule has 1 amide bonds.